The van der Waals surface area contributed by atoms with Crippen molar-refractivity contribution in [1.82, 2.24) is 4.57 Å². The Labute approximate surface area is 77.6 Å². The second kappa shape index (κ2) is 7.73. The third kappa shape index (κ3) is 4.20. The van der Waals surface area contributed by atoms with Gasteiger partial charge in [0.2, 0.25) is 0 Å². The minimum Gasteiger partial charge on any atom is -0.381 e. The third-order valence-electron chi connectivity index (χ3n) is 1.56. The average Bonchev–Trinajstić information content (AvgIpc) is 2.07. The molecule has 0 saturated carbocycles. The molecule has 0 aliphatic heterocycles. The van der Waals surface area contributed by atoms with Crippen molar-refractivity contribution >= 4 is 9.45 Å². The van der Waals surface area contributed by atoms with E-state index in [-0.39, 0.29) is 0 Å². The molecule has 12 heavy (non-hydrogen) atoms. The van der Waals surface area contributed by atoms with Crippen LogP contribution in [0.3, 0.4) is 0 Å². The lowest BCUT2D eigenvalue weighted by Crippen LogP contribution is -2.44. The lowest BCUT2D eigenvalue weighted by atomic mass is 10.7. The molecular formula is C8H20NO2Si. The van der Waals surface area contributed by atoms with Crippen LogP contribution in [0.1, 0.15) is 27.7 Å². The molecular weight excluding hydrogens is 170 g/mol. The highest BCUT2D eigenvalue weighted by atomic mass is 28.3. The van der Waals surface area contributed by atoms with Crippen molar-refractivity contribution in [2.24, 2.45) is 0 Å². The van der Waals surface area contributed by atoms with Crippen LogP contribution in [0.5, 0.6) is 0 Å². The molecule has 0 N–H and O–H groups in total. The molecule has 0 amide bonds. The van der Waals surface area contributed by atoms with Crippen molar-refractivity contribution in [2.75, 3.05) is 26.3 Å². The Balaban J connectivity index is 3.86. The molecule has 0 heterocycles. The maximum atomic E-state index is 5.53. The lowest BCUT2D eigenvalue weighted by molar-refractivity contribution is 0.158. The summed E-state index contributed by atoms with van der Waals surface area (Å²) >= 11 is 0. The van der Waals surface area contributed by atoms with E-state index in [4.69, 9.17) is 8.85 Å². The Morgan fingerprint density at radius 3 is 1.58 bits per heavy atom. The van der Waals surface area contributed by atoms with Gasteiger partial charge in [-0.2, -0.15) is 0 Å². The van der Waals surface area contributed by atoms with Crippen molar-refractivity contribution in [2.45, 2.75) is 27.7 Å². The molecule has 0 saturated heterocycles. The molecule has 0 aromatic carbocycles. The van der Waals surface area contributed by atoms with Crippen LogP contribution in [0.15, 0.2) is 0 Å². The van der Waals surface area contributed by atoms with Gasteiger partial charge in [-0.1, -0.05) is 13.8 Å². The maximum absolute atomic E-state index is 5.53. The fraction of sp³-hybridized carbons (Fsp3) is 1.00. The summed E-state index contributed by atoms with van der Waals surface area (Å²) in [6.07, 6.45) is 0. The van der Waals surface area contributed by atoms with E-state index in [9.17, 15) is 0 Å². The van der Waals surface area contributed by atoms with Crippen LogP contribution in [0.2, 0.25) is 0 Å². The highest BCUT2D eigenvalue weighted by molar-refractivity contribution is 6.40. The minimum atomic E-state index is -1.15. The van der Waals surface area contributed by atoms with E-state index in [1.54, 1.807) is 0 Å². The van der Waals surface area contributed by atoms with E-state index in [1.165, 1.54) is 0 Å². The van der Waals surface area contributed by atoms with Gasteiger partial charge in [0.25, 0.3) is 0 Å². The summed E-state index contributed by atoms with van der Waals surface area (Å²) in [5.74, 6) is 0. The smallest absolute Gasteiger partial charge is 0.381 e. The van der Waals surface area contributed by atoms with Gasteiger partial charge >= 0.3 is 9.45 Å². The van der Waals surface area contributed by atoms with Gasteiger partial charge in [-0.25, -0.2) is 0 Å². The molecule has 0 rings (SSSR count). The molecule has 0 aromatic heterocycles. The normalized spacial score (nSPS) is 11.5. The maximum Gasteiger partial charge on any atom is 0.491 e. The Kier molecular flexibility index (Phi) is 7.79. The van der Waals surface area contributed by atoms with Crippen LogP contribution in [-0.2, 0) is 8.85 Å². The zero-order valence-corrected chi connectivity index (χ0v) is 9.59. The fourth-order valence-electron chi connectivity index (χ4n) is 0.953. The van der Waals surface area contributed by atoms with Gasteiger partial charge in [-0.3, -0.25) is 4.57 Å². The highest BCUT2D eigenvalue weighted by Crippen LogP contribution is 1.98. The average molecular weight is 190 g/mol. The van der Waals surface area contributed by atoms with Crippen LogP contribution in [0.4, 0.5) is 0 Å². The van der Waals surface area contributed by atoms with Crippen LogP contribution in [0.25, 0.3) is 0 Å². The SMILES string of the molecule is CCO[Si](OCC)N(CC)CC. The summed E-state index contributed by atoms with van der Waals surface area (Å²) in [6, 6.07) is 0. The zero-order valence-electron chi connectivity index (χ0n) is 8.59. The van der Waals surface area contributed by atoms with E-state index in [2.05, 4.69) is 18.4 Å². The Hall–Kier alpha value is 0.0969. The summed E-state index contributed by atoms with van der Waals surface area (Å²) in [5.41, 5.74) is 0. The zero-order chi connectivity index (χ0) is 9.40. The Morgan fingerprint density at radius 1 is 0.917 bits per heavy atom. The number of hydrogen-bond donors (Lipinski definition) is 0. The first-order valence-electron chi connectivity index (χ1n) is 4.67. The molecule has 4 heteroatoms. The largest absolute Gasteiger partial charge is 0.491 e. The Bertz CT molecular complexity index is 93.1. The summed E-state index contributed by atoms with van der Waals surface area (Å²) < 4.78 is 13.3. The molecule has 1 radical (unpaired) electrons. The van der Waals surface area contributed by atoms with Crippen LogP contribution >= 0.6 is 0 Å². The molecule has 0 spiro atoms. The van der Waals surface area contributed by atoms with Crippen LogP contribution in [-0.4, -0.2) is 40.3 Å². The molecule has 0 fully saturated rings. The summed E-state index contributed by atoms with van der Waals surface area (Å²) in [6.45, 7) is 11.8. The highest BCUT2D eigenvalue weighted by Gasteiger charge is 2.22. The lowest BCUT2D eigenvalue weighted by Gasteiger charge is -2.24. The van der Waals surface area contributed by atoms with Crippen molar-refractivity contribution in [3.05, 3.63) is 0 Å². The third-order valence-corrected chi connectivity index (χ3v) is 3.78. The van der Waals surface area contributed by atoms with Gasteiger partial charge in [0.05, 0.1) is 0 Å². The quantitative estimate of drug-likeness (QED) is 0.566. The summed E-state index contributed by atoms with van der Waals surface area (Å²) in [4.78, 5) is 0. The van der Waals surface area contributed by atoms with E-state index in [1.807, 2.05) is 13.8 Å². The molecule has 0 aliphatic rings. The number of hydrogen-bond acceptors (Lipinski definition) is 3. The molecule has 0 aliphatic carbocycles. The Morgan fingerprint density at radius 2 is 1.33 bits per heavy atom. The molecule has 73 valence electrons. The van der Waals surface area contributed by atoms with E-state index >= 15 is 0 Å². The second-order valence-corrected chi connectivity index (χ2v) is 4.05. The standard InChI is InChI=1S/C8H20NO2Si/c1-5-9(6-2)12(10-7-3)11-8-4/h5-8H2,1-4H3. The molecule has 0 bridgehead atoms. The molecule has 0 atom stereocenters. The van der Waals surface area contributed by atoms with E-state index in [0.29, 0.717) is 0 Å². The van der Waals surface area contributed by atoms with Gasteiger partial charge < -0.3 is 8.85 Å². The van der Waals surface area contributed by atoms with Crippen molar-refractivity contribution in [3.8, 4) is 0 Å². The van der Waals surface area contributed by atoms with Gasteiger partial charge in [-0.15, -0.1) is 0 Å². The summed E-state index contributed by atoms with van der Waals surface area (Å²) in [5, 5.41) is 0. The van der Waals surface area contributed by atoms with Gasteiger partial charge in [0.15, 0.2) is 0 Å². The molecule has 0 aromatic rings. The fourth-order valence-corrected chi connectivity index (χ4v) is 2.41. The van der Waals surface area contributed by atoms with Crippen LogP contribution in [0, 0.1) is 0 Å². The van der Waals surface area contributed by atoms with Crippen molar-refractivity contribution in [1.29, 1.82) is 0 Å². The first-order chi connectivity index (χ1) is 5.79. The van der Waals surface area contributed by atoms with Crippen molar-refractivity contribution < 1.29 is 8.85 Å². The monoisotopic (exact) mass is 190 g/mol. The van der Waals surface area contributed by atoms with Crippen molar-refractivity contribution in [3.63, 3.8) is 0 Å². The van der Waals surface area contributed by atoms with Crippen LogP contribution < -0.4 is 0 Å². The predicted molar refractivity (Wildman–Crippen MR) is 51.9 cm³/mol. The van der Waals surface area contributed by atoms with Gasteiger partial charge in [-0.05, 0) is 26.9 Å². The first kappa shape index (κ1) is 12.1. The number of rotatable bonds is 7. The number of nitrogens with zero attached hydrogens (tertiary/aromatic N) is 1. The van der Waals surface area contributed by atoms with E-state index < -0.39 is 9.45 Å². The molecule has 3 nitrogen and oxygen atoms in total. The topological polar surface area (TPSA) is 21.7 Å². The predicted octanol–water partition coefficient (Wildman–Crippen LogP) is 1.39. The summed E-state index contributed by atoms with van der Waals surface area (Å²) in [7, 11) is -1.15. The second-order valence-electron chi connectivity index (χ2n) is 2.30. The van der Waals surface area contributed by atoms with Gasteiger partial charge in [0, 0.05) is 13.2 Å². The van der Waals surface area contributed by atoms with Gasteiger partial charge in [0.1, 0.15) is 0 Å². The molecule has 0 unspecified atom stereocenters. The minimum absolute atomic E-state index is 0.741. The first-order valence-corrected chi connectivity index (χ1v) is 5.93. The van der Waals surface area contributed by atoms with E-state index in [0.717, 1.165) is 26.3 Å².